The molecule has 1 aliphatic rings. The van der Waals surface area contributed by atoms with Gasteiger partial charge in [-0.15, -0.1) is 0 Å². The summed E-state index contributed by atoms with van der Waals surface area (Å²) in [5.41, 5.74) is 10.8. The highest BCUT2D eigenvalue weighted by molar-refractivity contribution is 5.98. The van der Waals surface area contributed by atoms with Crippen molar-refractivity contribution in [3.8, 4) is 0 Å². The molecule has 0 spiro atoms. The molecule has 0 saturated carbocycles. The highest BCUT2D eigenvalue weighted by atomic mass is 16.4. The molecule has 64 heavy (non-hydrogen) atoms. The molecule has 1 heterocycles. The van der Waals surface area contributed by atoms with E-state index in [2.05, 4.69) is 42.5 Å². The van der Waals surface area contributed by atoms with Crippen LogP contribution in [-0.2, 0) is 57.5 Å². The molecule has 0 aromatic heterocycles. The lowest BCUT2D eigenvalue weighted by atomic mass is 10.0. The lowest BCUT2D eigenvalue weighted by Gasteiger charge is -2.30. The van der Waals surface area contributed by atoms with Crippen molar-refractivity contribution in [3.63, 3.8) is 0 Å². The van der Waals surface area contributed by atoms with E-state index in [1.807, 2.05) is 0 Å². The summed E-state index contributed by atoms with van der Waals surface area (Å²) < 4.78 is 0. The number of carbonyl (C=O) groups is 12. The zero-order valence-electron chi connectivity index (χ0n) is 36.6. The van der Waals surface area contributed by atoms with Gasteiger partial charge in [0.05, 0.1) is 25.3 Å². The second kappa shape index (κ2) is 27.0. The number of rotatable bonds is 27. The zero-order chi connectivity index (χ0) is 49.0. The van der Waals surface area contributed by atoms with Gasteiger partial charge in [0.2, 0.25) is 59.1 Å². The Hall–Kier alpha value is -6.28. The number of nitrogens with two attached hydrogens (primary N) is 2. The van der Waals surface area contributed by atoms with E-state index in [0.717, 1.165) is 0 Å². The lowest BCUT2D eigenvalue weighted by molar-refractivity contribution is -0.142. The maximum Gasteiger partial charge on any atom is 0.303 e. The van der Waals surface area contributed by atoms with Crippen LogP contribution in [0.1, 0.15) is 80.1 Å². The molecule has 360 valence electrons. The molecule has 0 aliphatic carbocycles. The average Bonchev–Trinajstić information content (AvgIpc) is 3.72. The van der Waals surface area contributed by atoms with Crippen molar-refractivity contribution in [1.29, 1.82) is 0 Å². The number of carboxylic acids is 1. The Bertz CT molecular complexity index is 1730. The van der Waals surface area contributed by atoms with Crippen LogP contribution in [0.2, 0.25) is 0 Å². The van der Waals surface area contributed by atoms with E-state index in [0.29, 0.717) is 12.7 Å². The quantitative estimate of drug-likeness (QED) is 0.0341. The van der Waals surface area contributed by atoms with Gasteiger partial charge in [0.1, 0.15) is 54.6 Å². The van der Waals surface area contributed by atoms with Gasteiger partial charge in [-0.05, 0) is 59.3 Å². The number of aliphatic carboxylic acids is 1. The number of likely N-dealkylation sites (tertiary alicyclic amines) is 1. The fourth-order valence-electron chi connectivity index (χ4n) is 6.06. The van der Waals surface area contributed by atoms with Gasteiger partial charge in [0, 0.05) is 19.4 Å². The molecule has 15 N–H and O–H groups in total. The predicted octanol–water partition coefficient (Wildman–Crippen LogP) is -6.77. The molecule has 26 nitrogen and oxygen atoms in total. The Kier molecular flexibility index (Phi) is 23.5. The van der Waals surface area contributed by atoms with Gasteiger partial charge in [-0.2, -0.15) is 0 Å². The van der Waals surface area contributed by atoms with Crippen LogP contribution in [0.15, 0.2) is 0 Å². The molecule has 1 aliphatic heterocycles. The van der Waals surface area contributed by atoms with Gasteiger partial charge in [-0.1, -0.05) is 13.8 Å². The van der Waals surface area contributed by atoms with Crippen molar-refractivity contribution in [2.24, 2.45) is 17.4 Å². The molecular weight excluding hydrogens is 850 g/mol. The summed E-state index contributed by atoms with van der Waals surface area (Å²) >= 11 is 0. The molecule has 0 radical (unpaired) electrons. The van der Waals surface area contributed by atoms with E-state index in [1.54, 1.807) is 13.8 Å². The Morgan fingerprint density at radius 3 is 1.59 bits per heavy atom. The third kappa shape index (κ3) is 18.2. The standard InChI is InChI=1S/C38H63N11O15/c1-17(2)29(48-31(57)20(5)42-30(56)19(4)39)37(63)43-21(6)38(64)49-13-7-8-26(49)36(62)45-22(9-11-27(40)53)33(59)46-25(16-52)35(61)47-24(15-51)34(60)44-23(10-12-28(54)55)32(58)41-18(3)14-50/h14,17-26,29,51-52H,7-13,15-16,39H2,1-6H3,(H2,40,53)(H,41,58)(H,42,56)(H,43,63)(H,44,60)(H,45,62)(H,46,59)(H,47,61)(H,48,57)(H,54,55)/t18-,19-,20-,21-,22-,23-,24-,25-,26-,29-/m0/s1. The molecule has 1 rings (SSSR count). The van der Waals surface area contributed by atoms with Crippen molar-refractivity contribution in [2.45, 2.75) is 140 Å². The minimum Gasteiger partial charge on any atom is -0.481 e. The van der Waals surface area contributed by atoms with Crippen LogP contribution < -0.4 is 54.0 Å². The monoisotopic (exact) mass is 913 g/mol. The Morgan fingerprint density at radius 2 is 1.11 bits per heavy atom. The predicted molar refractivity (Wildman–Crippen MR) is 221 cm³/mol. The van der Waals surface area contributed by atoms with Crippen molar-refractivity contribution >= 4 is 71.3 Å². The van der Waals surface area contributed by atoms with Crippen LogP contribution in [0.25, 0.3) is 0 Å². The molecule has 0 bridgehead atoms. The lowest BCUT2D eigenvalue weighted by Crippen LogP contribution is -2.61. The van der Waals surface area contributed by atoms with Crippen molar-refractivity contribution in [2.75, 3.05) is 19.8 Å². The van der Waals surface area contributed by atoms with Gasteiger partial charge in [-0.25, -0.2) is 0 Å². The van der Waals surface area contributed by atoms with E-state index in [9.17, 15) is 67.7 Å². The van der Waals surface area contributed by atoms with Crippen molar-refractivity contribution in [1.82, 2.24) is 47.4 Å². The number of primary amides is 1. The van der Waals surface area contributed by atoms with E-state index in [-0.39, 0.29) is 13.0 Å². The maximum atomic E-state index is 13.7. The highest BCUT2D eigenvalue weighted by Crippen LogP contribution is 2.19. The number of carboxylic acid groups (broad SMARTS) is 1. The topological polar surface area (TPSA) is 417 Å². The van der Waals surface area contributed by atoms with Crippen LogP contribution in [0.3, 0.4) is 0 Å². The molecule has 1 fully saturated rings. The minimum atomic E-state index is -1.84. The largest absolute Gasteiger partial charge is 0.481 e. The van der Waals surface area contributed by atoms with Crippen LogP contribution >= 0.6 is 0 Å². The Morgan fingerprint density at radius 1 is 0.625 bits per heavy atom. The molecule has 1 saturated heterocycles. The van der Waals surface area contributed by atoms with Gasteiger partial charge in [-0.3, -0.25) is 52.7 Å². The number of hydrogen-bond donors (Lipinski definition) is 13. The molecular formula is C38H63N11O15. The number of nitrogens with one attached hydrogen (secondary N) is 8. The van der Waals surface area contributed by atoms with E-state index in [1.165, 1.54) is 32.6 Å². The van der Waals surface area contributed by atoms with Gasteiger partial charge in [0.15, 0.2) is 0 Å². The van der Waals surface area contributed by atoms with Gasteiger partial charge in [0.25, 0.3) is 0 Å². The summed E-state index contributed by atoms with van der Waals surface area (Å²) in [6.45, 7) is 6.66. The molecule has 10 amide bonds. The summed E-state index contributed by atoms with van der Waals surface area (Å²) in [4.78, 5) is 153. The normalized spacial score (nSPS) is 17.6. The number of aldehydes is 1. The molecule has 26 heteroatoms. The molecule has 10 atom stereocenters. The van der Waals surface area contributed by atoms with Gasteiger partial charge < -0.3 is 79.0 Å². The summed E-state index contributed by atoms with van der Waals surface area (Å²) in [7, 11) is 0. The number of aliphatic hydroxyl groups is 2. The van der Waals surface area contributed by atoms with Crippen LogP contribution in [0.5, 0.6) is 0 Å². The number of aliphatic hydroxyl groups excluding tert-OH is 2. The minimum absolute atomic E-state index is 0.0611. The highest BCUT2D eigenvalue weighted by Gasteiger charge is 2.39. The van der Waals surface area contributed by atoms with Crippen molar-refractivity contribution in [3.05, 3.63) is 0 Å². The summed E-state index contributed by atoms with van der Waals surface area (Å²) in [5, 5.41) is 47.6. The zero-order valence-corrected chi connectivity index (χ0v) is 36.6. The summed E-state index contributed by atoms with van der Waals surface area (Å²) in [6.07, 6.45) is -1.10. The molecule has 0 aromatic carbocycles. The van der Waals surface area contributed by atoms with Crippen molar-refractivity contribution < 1.29 is 72.9 Å². The molecule has 0 aromatic rings. The fourth-order valence-corrected chi connectivity index (χ4v) is 6.06. The number of amides is 10. The second-order valence-corrected chi connectivity index (χ2v) is 15.6. The number of nitrogens with zero attached hydrogens (tertiary/aromatic N) is 1. The van der Waals surface area contributed by atoms with Gasteiger partial charge >= 0.3 is 5.97 Å². The van der Waals surface area contributed by atoms with E-state index < -0.39 is 170 Å². The first-order chi connectivity index (χ1) is 29.9. The number of hydrogen-bond acceptors (Lipinski definition) is 15. The summed E-state index contributed by atoms with van der Waals surface area (Å²) in [5.74, 6) is -10.7. The third-order valence-corrected chi connectivity index (χ3v) is 9.78. The Balaban J connectivity index is 3.11. The van der Waals surface area contributed by atoms with E-state index >= 15 is 0 Å². The summed E-state index contributed by atoms with van der Waals surface area (Å²) in [6, 6.07) is -13.3. The third-order valence-electron chi connectivity index (χ3n) is 9.78. The second-order valence-electron chi connectivity index (χ2n) is 15.6. The Labute approximate surface area is 368 Å². The number of carbonyl (C=O) groups excluding carboxylic acids is 11. The van der Waals surface area contributed by atoms with E-state index in [4.69, 9.17) is 16.6 Å². The molecule has 0 unspecified atom stereocenters. The fraction of sp³-hybridized carbons (Fsp3) is 0.684. The smallest absolute Gasteiger partial charge is 0.303 e. The first-order valence-electron chi connectivity index (χ1n) is 20.5. The van der Waals surface area contributed by atoms with Crippen LogP contribution in [-0.4, -0.2) is 172 Å². The maximum absolute atomic E-state index is 13.7. The first kappa shape index (κ1) is 55.7. The van der Waals surface area contributed by atoms with Crippen LogP contribution in [0.4, 0.5) is 0 Å². The first-order valence-corrected chi connectivity index (χ1v) is 20.5. The SMILES string of the molecule is CC(C)[C@H](NC(=O)[C@H](C)NC(=O)[C@H](C)N)C(=O)N[C@@H](C)C(=O)N1CCC[C@H]1C(=O)N[C@@H](CCC(N)=O)C(=O)N[C@@H](CO)C(=O)N[C@@H](CO)C(=O)N[C@@H](CCC(=O)O)C(=O)N[C@@H](C)C=O. The average molecular weight is 914 g/mol. The van der Waals surface area contributed by atoms with Crippen LogP contribution in [0, 0.1) is 5.92 Å².